The van der Waals surface area contributed by atoms with E-state index < -0.39 is 23.8 Å². The molecule has 0 radical (unpaired) electrons. The average molecular weight is 770 g/mol. The summed E-state index contributed by atoms with van der Waals surface area (Å²) in [5, 5.41) is 13.8. The average Bonchev–Trinajstić information content (AvgIpc) is 3.82. The molecule has 2 aromatic carbocycles. The fraction of sp³-hybridized carbons (Fsp3) is 0.167. The van der Waals surface area contributed by atoms with Crippen LogP contribution in [0.2, 0.25) is 0 Å². The Morgan fingerprint density at radius 2 is 1.70 bits per heavy atom. The molecule has 57 heavy (non-hydrogen) atoms. The van der Waals surface area contributed by atoms with Crippen molar-refractivity contribution >= 4 is 45.9 Å². The van der Waals surface area contributed by atoms with Gasteiger partial charge in [-0.1, -0.05) is 49.8 Å². The molecule has 2 atom stereocenters. The van der Waals surface area contributed by atoms with Gasteiger partial charge >= 0.3 is 6.18 Å². The van der Waals surface area contributed by atoms with Crippen molar-refractivity contribution in [1.82, 2.24) is 30.0 Å². The quantitative estimate of drug-likeness (QED) is 0.152. The number of amides is 1. The highest BCUT2D eigenvalue weighted by Crippen LogP contribution is 2.40. The first kappa shape index (κ1) is 37.1. The van der Waals surface area contributed by atoms with Crippen molar-refractivity contribution in [3.05, 3.63) is 143 Å². The Labute approximate surface area is 325 Å². The lowest BCUT2D eigenvalue weighted by molar-refractivity contribution is -0.141. The first-order chi connectivity index (χ1) is 27.4. The molecule has 288 valence electrons. The summed E-state index contributed by atoms with van der Waals surface area (Å²) in [6.07, 6.45) is 6.35. The van der Waals surface area contributed by atoms with E-state index in [1.165, 1.54) is 12.1 Å². The number of aromatic nitrogens is 5. The number of primary amides is 1. The largest absolute Gasteiger partial charge is 0.433 e. The third-order valence-corrected chi connectivity index (χ3v) is 9.80. The lowest BCUT2D eigenvalue weighted by atomic mass is 10.1. The highest BCUT2D eigenvalue weighted by molar-refractivity contribution is 6.00. The highest BCUT2D eigenvalue weighted by atomic mass is 19.4. The molecule has 1 amide bonds. The van der Waals surface area contributed by atoms with Crippen LogP contribution in [0, 0.1) is 6.92 Å². The number of rotatable bonds is 9. The summed E-state index contributed by atoms with van der Waals surface area (Å²) in [4.78, 5) is 25.6. The predicted octanol–water partition coefficient (Wildman–Crippen LogP) is 5.28. The second-order valence-electron chi connectivity index (χ2n) is 13.8. The number of allylic oxidation sites excluding steroid dienone is 2. The number of hydrogen-bond acceptors (Lipinski definition) is 10. The van der Waals surface area contributed by atoms with Crippen LogP contribution in [0.1, 0.15) is 42.9 Å². The monoisotopic (exact) mass is 769 g/mol. The molecule has 7 N–H and O–H groups in total. The highest BCUT2D eigenvalue weighted by Gasteiger charge is 2.35. The van der Waals surface area contributed by atoms with Gasteiger partial charge in [0.15, 0.2) is 11.6 Å². The van der Waals surface area contributed by atoms with Crippen LogP contribution in [-0.2, 0) is 11.0 Å². The zero-order chi connectivity index (χ0) is 40.0. The van der Waals surface area contributed by atoms with Gasteiger partial charge in [0.05, 0.1) is 34.5 Å². The number of pyridine rings is 3. The smallest absolute Gasteiger partial charge is 0.368 e. The number of benzene rings is 2. The number of hydrogen-bond donors (Lipinski definition) is 4. The summed E-state index contributed by atoms with van der Waals surface area (Å²) in [6, 6.07) is 22.7. The van der Waals surface area contributed by atoms with Gasteiger partial charge in [0.25, 0.3) is 0 Å². The fourth-order valence-corrected chi connectivity index (χ4v) is 6.96. The van der Waals surface area contributed by atoms with E-state index in [2.05, 4.69) is 17.2 Å². The number of fused-ring (bicyclic) bond motifs is 2. The fourth-order valence-electron chi connectivity index (χ4n) is 6.96. The Kier molecular flexibility index (Phi) is 9.55. The zero-order valence-electron chi connectivity index (χ0n) is 30.9. The maximum absolute atomic E-state index is 14.2. The molecular weight excluding hydrogens is 732 g/mol. The van der Waals surface area contributed by atoms with Crippen molar-refractivity contribution < 1.29 is 18.0 Å². The minimum atomic E-state index is -4.70. The van der Waals surface area contributed by atoms with Gasteiger partial charge in [0.2, 0.25) is 5.91 Å². The summed E-state index contributed by atoms with van der Waals surface area (Å²) >= 11 is 0. The van der Waals surface area contributed by atoms with Gasteiger partial charge in [-0.15, -0.1) is 0 Å². The lowest BCUT2D eigenvalue weighted by Crippen LogP contribution is -2.35. The van der Waals surface area contributed by atoms with Gasteiger partial charge < -0.3 is 22.5 Å². The number of carbonyl (C=O) groups is 1. The van der Waals surface area contributed by atoms with Crippen LogP contribution in [0.4, 0.5) is 30.4 Å². The topological polar surface area (TPSA) is 170 Å². The molecule has 15 heteroatoms. The molecule has 2 unspecified atom stereocenters. The molecule has 2 aliphatic rings. The number of aryl methyl sites for hydroxylation is 1. The number of alkyl halides is 3. The molecule has 2 aliphatic heterocycles. The number of hydrazine groups is 1. The number of nitrogens with one attached hydrogen (secondary N) is 1. The van der Waals surface area contributed by atoms with Gasteiger partial charge in [0, 0.05) is 50.7 Å². The van der Waals surface area contributed by atoms with Crippen LogP contribution in [0.3, 0.4) is 0 Å². The van der Waals surface area contributed by atoms with Gasteiger partial charge in [0.1, 0.15) is 11.7 Å². The molecule has 0 saturated heterocycles. The predicted molar refractivity (Wildman–Crippen MR) is 214 cm³/mol. The molecule has 0 bridgehead atoms. The van der Waals surface area contributed by atoms with E-state index in [-0.39, 0.29) is 17.6 Å². The van der Waals surface area contributed by atoms with Crippen LogP contribution >= 0.6 is 0 Å². The Morgan fingerprint density at radius 1 is 0.912 bits per heavy atom. The standard InChI is InChI=1S/C42H38F3N11O/c1-3-8-29(46)32-12-5-10-30(51-32)25-17-18-26-23-54(56(34(26)19-25)39-16-7-14-37(53-39)42(43,44)45)35-20-27(31-11-6-13-33(52-31)40(47)41(48)57)21-36-28(35)22-49-55(36)38-15-4-9-24(2)50-38/h4-7,9-23,29,40,51H,3,8,46-47H2,1-2H3,(H2,48,57). The van der Waals surface area contributed by atoms with Gasteiger partial charge in [-0.05, 0) is 80.1 Å². The molecule has 0 saturated carbocycles. The molecule has 12 nitrogen and oxygen atoms in total. The van der Waals surface area contributed by atoms with E-state index in [4.69, 9.17) is 32.3 Å². The second kappa shape index (κ2) is 14.7. The van der Waals surface area contributed by atoms with Crippen molar-refractivity contribution in [3.8, 4) is 17.1 Å². The number of anilines is 3. The van der Waals surface area contributed by atoms with E-state index in [9.17, 15) is 18.0 Å². The van der Waals surface area contributed by atoms with E-state index in [1.54, 1.807) is 39.1 Å². The molecule has 6 heterocycles. The molecule has 0 spiro atoms. The zero-order valence-corrected chi connectivity index (χ0v) is 30.9. The Hall–Kier alpha value is -6.84. The van der Waals surface area contributed by atoms with Gasteiger partial charge in [-0.25, -0.2) is 19.7 Å². The SMILES string of the molecule is CCCC(N)C1=CC=CC(=c2ccc3c(c2)N(c2cccc(C(F)(F)F)n2)N(c2cc(-c4cccc(C(N)C(N)=O)n4)cc4c2cnn4-c2cccc(C)n2)C=3)N1. The van der Waals surface area contributed by atoms with E-state index in [0.717, 1.165) is 46.4 Å². The number of nitrogens with two attached hydrogens (primary N) is 3. The third kappa shape index (κ3) is 7.09. The molecule has 0 fully saturated rings. The molecule has 0 aliphatic carbocycles. The van der Waals surface area contributed by atoms with Crippen LogP contribution in [-0.4, -0.2) is 36.7 Å². The number of carbonyl (C=O) groups excluding carboxylic acids is 1. The van der Waals surface area contributed by atoms with Crippen LogP contribution in [0.15, 0.2) is 115 Å². The summed E-state index contributed by atoms with van der Waals surface area (Å²) in [6.45, 7) is 3.95. The summed E-state index contributed by atoms with van der Waals surface area (Å²) in [5.41, 5.74) is 22.6. The third-order valence-electron chi connectivity index (χ3n) is 9.80. The first-order valence-electron chi connectivity index (χ1n) is 18.3. The normalized spacial score (nSPS) is 15.9. The van der Waals surface area contributed by atoms with Crippen molar-refractivity contribution in [2.24, 2.45) is 17.2 Å². The molecular formula is C42H38F3N11O. The summed E-state index contributed by atoms with van der Waals surface area (Å²) in [7, 11) is 0. The first-order valence-corrected chi connectivity index (χ1v) is 18.3. The minimum absolute atomic E-state index is 0.0264. The van der Waals surface area contributed by atoms with Crippen LogP contribution in [0.5, 0.6) is 0 Å². The maximum Gasteiger partial charge on any atom is 0.433 e. The van der Waals surface area contributed by atoms with Crippen LogP contribution in [0.25, 0.3) is 39.9 Å². The lowest BCUT2D eigenvalue weighted by Gasteiger charge is -2.32. The Balaban J connectivity index is 1.35. The van der Waals surface area contributed by atoms with Crippen molar-refractivity contribution in [1.29, 1.82) is 0 Å². The van der Waals surface area contributed by atoms with Gasteiger partial charge in [-0.3, -0.25) is 14.8 Å². The van der Waals surface area contributed by atoms with E-state index >= 15 is 0 Å². The van der Waals surface area contributed by atoms with E-state index in [0.29, 0.717) is 39.4 Å². The summed E-state index contributed by atoms with van der Waals surface area (Å²) < 4.78 is 44.3. The number of dihydropyridines is 1. The van der Waals surface area contributed by atoms with Gasteiger partial charge in [-0.2, -0.15) is 18.3 Å². The summed E-state index contributed by atoms with van der Waals surface area (Å²) in [5.74, 6) is -0.156. The van der Waals surface area contributed by atoms with Crippen molar-refractivity contribution in [3.63, 3.8) is 0 Å². The molecule has 4 aromatic heterocycles. The Morgan fingerprint density at radius 3 is 2.47 bits per heavy atom. The van der Waals surface area contributed by atoms with E-state index in [1.807, 2.05) is 79.9 Å². The number of nitrogens with zero attached hydrogens (tertiary/aromatic N) is 7. The minimum Gasteiger partial charge on any atom is -0.368 e. The number of halogens is 3. The molecule has 8 rings (SSSR count). The van der Waals surface area contributed by atoms with Crippen molar-refractivity contribution in [2.45, 2.75) is 44.9 Å². The van der Waals surface area contributed by atoms with Crippen LogP contribution < -0.4 is 43.0 Å². The second-order valence-corrected chi connectivity index (χ2v) is 13.8. The molecule has 6 aromatic rings. The Bertz CT molecular complexity index is 2740. The maximum atomic E-state index is 14.2. The van der Waals surface area contributed by atoms with Crippen molar-refractivity contribution in [2.75, 3.05) is 10.0 Å².